The van der Waals surface area contributed by atoms with Gasteiger partial charge < -0.3 is 19.7 Å². The molecule has 0 radical (unpaired) electrons. The van der Waals surface area contributed by atoms with Crippen molar-refractivity contribution in [3.63, 3.8) is 0 Å². The van der Waals surface area contributed by atoms with E-state index in [9.17, 15) is 9.59 Å². The first-order valence-electron chi connectivity index (χ1n) is 9.76. The Labute approximate surface area is 197 Å². The lowest BCUT2D eigenvalue weighted by atomic mass is 10.2. The van der Waals surface area contributed by atoms with E-state index >= 15 is 0 Å². The van der Waals surface area contributed by atoms with Crippen LogP contribution in [0.5, 0.6) is 5.75 Å². The fourth-order valence-corrected chi connectivity index (χ4v) is 3.15. The number of methoxy groups -OCH3 is 1. The van der Waals surface area contributed by atoms with Gasteiger partial charge in [0.15, 0.2) is 6.61 Å². The molecule has 0 fully saturated rings. The lowest BCUT2D eigenvalue weighted by Crippen LogP contribution is -2.22. The zero-order chi connectivity index (χ0) is 25.0. The summed E-state index contributed by atoms with van der Waals surface area (Å²) in [6.45, 7) is 5.65. The fourth-order valence-electron chi connectivity index (χ4n) is 2.72. The monoisotopic (exact) mass is 500 g/mol. The molecule has 3 N–H and O–H groups in total. The molecule has 182 valence electrons. The van der Waals surface area contributed by atoms with E-state index in [1.54, 1.807) is 30.0 Å². The number of thioether (sulfide) groups is 1. The van der Waals surface area contributed by atoms with E-state index in [0.29, 0.717) is 11.4 Å². The first-order valence-corrected chi connectivity index (χ1v) is 12.4. The topological polar surface area (TPSA) is 142 Å². The van der Waals surface area contributed by atoms with Crippen molar-refractivity contribution < 1.29 is 36.6 Å². The average Bonchev–Trinajstić information content (AvgIpc) is 2.77. The summed E-state index contributed by atoms with van der Waals surface area (Å²) in [7, 11) is -3.18. The predicted octanol–water partition coefficient (Wildman–Crippen LogP) is 3.41. The summed E-state index contributed by atoms with van der Waals surface area (Å²) >= 11 is 1.54. The smallest absolute Gasteiger partial charge is 0.394 e. The number of carbonyl (C=O) groups excluding carboxylic acids is 2. The summed E-state index contributed by atoms with van der Waals surface area (Å²) in [6.07, 6.45) is 1.94. The highest BCUT2D eigenvalue weighted by atomic mass is 32.3. The number of hydrogen-bond acceptors (Lipinski definition) is 8. The minimum absolute atomic E-state index is 0.289. The largest absolute Gasteiger partial charge is 0.496 e. The van der Waals surface area contributed by atoms with Crippen LogP contribution in [0.1, 0.15) is 24.2 Å². The molecule has 0 saturated carbocycles. The van der Waals surface area contributed by atoms with Crippen molar-refractivity contribution in [2.45, 2.75) is 18.7 Å². The highest BCUT2D eigenvalue weighted by Crippen LogP contribution is 2.26. The molecular formula is C21H28N2O8S2. The zero-order valence-corrected chi connectivity index (χ0v) is 20.4. The Hall–Kier alpha value is -2.80. The van der Waals surface area contributed by atoms with E-state index in [4.69, 9.17) is 27.0 Å². The average molecular weight is 501 g/mol. The predicted molar refractivity (Wildman–Crippen MR) is 128 cm³/mol. The minimum atomic E-state index is -4.67. The van der Waals surface area contributed by atoms with Crippen molar-refractivity contribution in [2.24, 2.45) is 0 Å². The summed E-state index contributed by atoms with van der Waals surface area (Å²) in [5.41, 5.74) is 2.03. The summed E-state index contributed by atoms with van der Waals surface area (Å²) in [6, 6.07) is 12.8. The van der Waals surface area contributed by atoms with E-state index < -0.39 is 22.3 Å². The minimum Gasteiger partial charge on any atom is -0.496 e. The van der Waals surface area contributed by atoms with E-state index in [1.807, 2.05) is 30.5 Å². The number of amides is 1. The Morgan fingerprint density at radius 2 is 1.64 bits per heavy atom. The molecule has 2 rings (SSSR count). The Bertz CT molecular complexity index is 1020. The highest BCUT2D eigenvalue weighted by Gasteiger charge is 2.16. The SMILES string of the molecule is CCN(CC)c1ccc(NC(=O)COC(=O)c2ccc(SC)cc2OC)cc1.O=S(=O)(O)O. The molecule has 0 spiro atoms. The molecule has 0 bridgehead atoms. The molecule has 0 aliphatic heterocycles. The Kier molecular flexibility index (Phi) is 11.7. The van der Waals surface area contributed by atoms with Gasteiger partial charge in [-0.3, -0.25) is 13.9 Å². The van der Waals surface area contributed by atoms with Gasteiger partial charge in [-0.15, -0.1) is 11.8 Å². The van der Waals surface area contributed by atoms with E-state index in [0.717, 1.165) is 23.7 Å². The van der Waals surface area contributed by atoms with Gasteiger partial charge in [0.05, 0.1) is 7.11 Å². The van der Waals surface area contributed by atoms with Gasteiger partial charge in [0.1, 0.15) is 11.3 Å². The molecule has 2 aromatic rings. The van der Waals surface area contributed by atoms with Crippen LogP contribution in [0.2, 0.25) is 0 Å². The van der Waals surface area contributed by atoms with Crippen molar-refractivity contribution in [1.29, 1.82) is 0 Å². The maximum absolute atomic E-state index is 12.3. The van der Waals surface area contributed by atoms with Gasteiger partial charge in [0.25, 0.3) is 5.91 Å². The second kappa shape index (κ2) is 13.7. The number of nitrogens with zero attached hydrogens (tertiary/aromatic N) is 1. The normalized spacial score (nSPS) is 10.5. The van der Waals surface area contributed by atoms with Crippen LogP contribution in [0.15, 0.2) is 47.4 Å². The first-order chi connectivity index (χ1) is 15.5. The molecule has 0 aliphatic rings. The summed E-state index contributed by atoms with van der Waals surface area (Å²) in [4.78, 5) is 27.6. The van der Waals surface area contributed by atoms with Crippen molar-refractivity contribution in [2.75, 3.05) is 43.3 Å². The molecule has 2 aromatic carbocycles. The second-order valence-electron chi connectivity index (χ2n) is 6.36. The van der Waals surface area contributed by atoms with Crippen LogP contribution >= 0.6 is 11.8 Å². The van der Waals surface area contributed by atoms with Crippen molar-refractivity contribution >= 4 is 45.4 Å². The van der Waals surface area contributed by atoms with Gasteiger partial charge in [0, 0.05) is 29.4 Å². The first kappa shape index (κ1) is 28.2. The molecule has 33 heavy (non-hydrogen) atoms. The molecule has 0 aliphatic carbocycles. The van der Waals surface area contributed by atoms with Gasteiger partial charge in [0.2, 0.25) is 0 Å². The Morgan fingerprint density at radius 1 is 1.06 bits per heavy atom. The number of hydrogen-bond donors (Lipinski definition) is 3. The van der Waals surface area contributed by atoms with Crippen LogP contribution in [-0.2, 0) is 19.9 Å². The molecule has 0 heterocycles. The molecule has 0 unspecified atom stereocenters. The molecule has 12 heteroatoms. The fraction of sp³-hybridized carbons (Fsp3) is 0.333. The summed E-state index contributed by atoms with van der Waals surface area (Å²) in [5.74, 6) is -0.579. The molecule has 0 saturated heterocycles. The number of benzene rings is 2. The van der Waals surface area contributed by atoms with Gasteiger partial charge in [-0.1, -0.05) is 0 Å². The Morgan fingerprint density at radius 3 is 2.12 bits per heavy atom. The van der Waals surface area contributed by atoms with Gasteiger partial charge in [-0.25, -0.2) is 4.79 Å². The number of esters is 1. The lowest BCUT2D eigenvalue weighted by Gasteiger charge is -2.21. The van der Waals surface area contributed by atoms with Crippen LogP contribution in [-0.4, -0.2) is 62.5 Å². The number of rotatable bonds is 9. The van der Waals surface area contributed by atoms with Crippen LogP contribution in [0.4, 0.5) is 11.4 Å². The lowest BCUT2D eigenvalue weighted by molar-refractivity contribution is -0.119. The van der Waals surface area contributed by atoms with Crippen molar-refractivity contribution in [1.82, 2.24) is 0 Å². The van der Waals surface area contributed by atoms with Crippen LogP contribution in [0.25, 0.3) is 0 Å². The van der Waals surface area contributed by atoms with Gasteiger partial charge in [-0.2, -0.15) is 8.42 Å². The molecule has 0 aromatic heterocycles. The Balaban J connectivity index is 0.000000981. The van der Waals surface area contributed by atoms with Crippen LogP contribution in [0, 0.1) is 0 Å². The quantitative estimate of drug-likeness (QED) is 0.266. The highest BCUT2D eigenvalue weighted by molar-refractivity contribution is 7.98. The molecular weight excluding hydrogens is 472 g/mol. The molecule has 1 amide bonds. The van der Waals surface area contributed by atoms with E-state index in [-0.39, 0.29) is 12.2 Å². The maximum Gasteiger partial charge on any atom is 0.394 e. The van der Waals surface area contributed by atoms with Gasteiger partial charge >= 0.3 is 16.4 Å². The third kappa shape index (κ3) is 10.6. The van der Waals surface area contributed by atoms with E-state index in [2.05, 4.69) is 24.1 Å². The van der Waals surface area contributed by atoms with E-state index in [1.165, 1.54) is 7.11 Å². The number of carbonyl (C=O) groups is 2. The summed E-state index contributed by atoms with van der Waals surface area (Å²) in [5, 5.41) is 2.73. The summed E-state index contributed by atoms with van der Waals surface area (Å²) < 4.78 is 42.0. The molecule has 10 nitrogen and oxygen atoms in total. The third-order valence-corrected chi connectivity index (χ3v) is 4.97. The molecule has 0 atom stereocenters. The van der Waals surface area contributed by atoms with Gasteiger partial charge in [-0.05, 0) is 62.6 Å². The second-order valence-corrected chi connectivity index (χ2v) is 8.13. The number of ether oxygens (including phenoxy) is 2. The maximum atomic E-state index is 12.3. The van der Waals surface area contributed by atoms with Crippen molar-refractivity contribution in [3.05, 3.63) is 48.0 Å². The third-order valence-electron chi connectivity index (χ3n) is 4.24. The van der Waals surface area contributed by atoms with Crippen LogP contribution < -0.4 is 15.0 Å². The van der Waals surface area contributed by atoms with Crippen LogP contribution in [0.3, 0.4) is 0 Å². The number of nitrogens with one attached hydrogen (secondary N) is 1. The van der Waals surface area contributed by atoms with Crippen molar-refractivity contribution in [3.8, 4) is 5.75 Å². The number of anilines is 2. The standard InChI is InChI=1S/C21H26N2O4S.H2O4S/c1-5-23(6-2)16-9-7-15(8-10-16)22-20(24)14-27-21(25)18-12-11-17(28-4)13-19(18)26-3;1-5(2,3)4/h7-13H,5-6,14H2,1-4H3,(H,22,24);(H2,1,2,3,4). The zero-order valence-electron chi connectivity index (χ0n) is 18.8.